The van der Waals surface area contributed by atoms with E-state index in [4.69, 9.17) is 0 Å². The number of carbonyl (C=O) groups is 3. The Bertz CT molecular complexity index is 1370. The number of nitrogens with one attached hydrogen (secondary N) is 1. The Hall–Kier alpha value is -3.95. The van der Waals surface area contributed by atoms with Crippen molar-refractivity contribution >= 4 is 33.8 Å². The van der Waals surface area contributed by atoms with Gasteiger partial charge in [0.2, 0.25) is 11.8 Å². The van der Waals surface area contributed by atoms with E-state index in [-0.39, 0.29) is 37.5 Å². The number of carbonyl (C=O) groups excluding carboxylic acids is 3. The Labute approximate surface area is 249 Å². The first kappa shape index (κ1) is 28.6. The summed E-state index contributed by atoms with van der Waals surface area (Å²) < 4.78 is 0.950. The minimum Gasteiger partial charge on any atom is -0.333 e. The third kappa shape index (κ3) is 6.69. The topological polar surface area (TPSA) is 76.2 Å². The first-order valence-electron chi connectivity index (χ1n) is 13.8. The van der Waals surface area contributed by atoms with Crippen LogP contribution < -0.4 is 5.32 Å². The highest BCUT2D eigenvalue weighted by molar-refractivity contribution is 9.10. The van der Waals surface area contributed by atoms with E-state index in [9.17, 15) is 14.4 Å². The normalized spacial score (nSPS) is 19.2. The second-order valence-corrected chi connectivity index (χ2v) is 11.2. The van der Waals surface area contributed by atoms with Gasteiger partial charge in [-0.1, -0.05) is 94.8 Å². The van der Waals surface area contributed by atoms with Gasteiger partial charge in [-0.2, -0.15) is 0 Å². The van der Waals surface area contributed by atoms with Crippen LogP contribution in [0.3, 0.4) is 0 Å². The van der Waals surface area contributed by atoms with Gasteiger partial charge in [0.25, 0.3) is 0 Å². The smallest absolute Gasteiger partial charge is 0.333 e. The highest BCUT2D eigenvalue weighted by Crippen LogP contribution is 2.30. The molecule has 5 rings (SSSR count). The van der Waals surface area contributed by atoms with E-state index in [0.29, 0.717) is 25.9 Å². The van der Waals surface area contributed by atoms with Crippen LogP contribution >= 0.6 is 15.9 Å². The molecule has 3 aromatic carbocycles. The number of aryl methyl sites for hydroxylation is 1. The van der Waals surface area contributed by atoms with Crippen molar-refractivity contribution < 1.29 is 14.4 Å². The summed E-state index contributed by atoms with van der Waals surface area (Å²) in [5.74, 6) is -0.257. The van der Waals surface area contributed by atoms with Gasteiger partial charge < -0.3 is 15.1 Å². The number of fused-ring (bicyclic) bond motifs is 1. The SMILES string of the molecule is C=CCNC(=O)N1[C@H]2CN(Cc3ccccc3)C(=O)[C@H](CCc3ccccc3)N2C(=O)CN1Cc1ccc(Br)cc1. The standard InChI is InChI=1S/C32H34BrN5O3/c1-2-19-34-32(41)38-29-22-35(20-25-11-7-4-8-12-25)31(40)28(18-15-24-9-5-3-6-10-24)37(29)30(39)23-36(38)21-26-13-16-27(33)17-14-26/h2-14,16-17,28-29H,1,15,18-23H2,(H,34,41)/t28-,29-/m0/s1. The molecule has 4 amide bonds. The molecule has 0 aliphatic carbocycles. The van der Waals surface area contributed by atoms with E-state index in [1.54, 1.807) is 25.9 Å². The number of hydrogen-bond donors (Lipinski definition) is 1. The van der Waals surface area contributed by atoms with Gasteiger partial charge in [0, 0.05) is 24.1 Å². The van der Waals surface area contributed by atoms with Crippen molar-refractivity contribution in [3.63, 3.8) is 0 Å². The Kier molecular flexibility index (Phi) is 9.16. The fourth-order valence-electron chi connectivity index (χ4n) is 5.54. The molecule has 1 N–H and O–H groups in total. The lowest BCUT2D eigenvalue weighted by molar-refractivity contribution is -0.192. The fourth-order valence-corrected chi connectivity index (χ4v) is 5.81. The maximum atomic E-state index is 14.0. The van der Waals surface area contributed by atoms with E-state index in [0.717, 1.165) is 21.2 Å². The predicted molar refractivity (Wildman–Crippen MR) is 161 cm³/mol. The molecule has 3 aromatic rings. The van der Waals surface area contributed by atoms with Gasteiger partial charge in [0.1, 0.15) is 12.2 Å². The summed E-state index contributed by atoms with van der Waals surface area (Å²) in [5, 5.41) is 6.32. The number of halogens is 1. The van der Waals surface area contributed by atoms with Gasteiger partial charge in [-0.3, -0.25) is 9.59 Å². The molecular weight excluding hydrogens is 582 g/mol. The molecule has 41 heavy (non-hydrogen) atoms. The Morgan fingerprint density at radius 1 is 0.902 bits per heavy atom. The van der Waals surface area contributed by atoms with Gasteiger partial charge in [0.05, 0.1) is 13.1 Å². The molecule has 2 heterocycles. The fraction of sp³-hybridized carbons (Fsp3) is 0.281. The maximum absolute atomic E-state index is 14.0. The molecule has 2 atom stereocenters. The van der Waals surface area contributed by atoms with Crippen LogP contribution in [0.1, 0.15) is 23.1 Å². The number of piperazine rings is 1. The van der Waals surface area contributed by atoms with Crippen molar-refractivity contribution in [3.05, 3.63) is 119 Å². The number of benzene rings is 3. The van der Waals surface area contributed by atoms with Crippen molar-refractivity contribution in [1.82, 2.24) is 25.1 Å². The summed E-state index contributed by atoms with van der Waals surface area (Å²) in [6.07, 6.45) is 2.07. The zero-order valence-corrected chi connectivity index (χ0v) is 24.4. The van der Waals surface area contributed by atoms with E-state index >= 15 is 0 Å². The molecular formula is C32H34BrN5O3. The van der Waals surface area contributed by atoms with E-state index in [2.05, 4.69) is 27.8 Å². The van der Waals surface area contributed by atoms with Crippen molar-refractivity contribution in [3.8, 4) is 0 Å². The summed E-state index contributed by atoms with van der Waals surface area (Å²) in [5.41, 5.74) is 3.05. The molecule has 8 nitrogen and oxygen atoms in total. The molecule has 2 saturated heterocycles. The van der Waals surface area contributed by atoms with Gasteiger partial charge >= 0.3 is 6.03 Å². The van der Waals surface area contributed by atoms with Crippen LogP contribution in [0.4, 0.5) is 4.79 Å². The molecule has 2 fully saturated rings. The quantitative estimate of drug-likeness (QED) is 0.358. The number of urea groups is 1. The molecule has 2 aliphatic rings. The monoisotopic (exact) mass is 615 g/mol. The molecule has 9 heteroatoms. The van der Waals surface area contributed by atoms with Crippen molar-refractivity contribution in [2.45, 2.75) is 38.1 Å². The lowest BCUT2D eigenvalue weighted by Gasteiger charge is -2.55. The summed E-state index contributed by atoms with van der Waals surface area (Å²) in [7, 11) is 0. The molecule has 0 saturated carbocycles. The minimum atomic E-state index is -0.685. The summed E-state index contributed by atoms with van der Waals surface area (Å²) >= 11 is 3.47. The summed E-state index contributed by atoms with van der Waals surface area (Å²) in [4.78, 5) is 44.9. The van der Waals surface area contributed by atoms with Gasteiger partial charge in [-0.15, -0.1) is 6.58 Å². The average molecular weight is 617 g/mol. The summed E-state index contributed by atoms with van der Waals surface area (Å²) in [6.45, 7) is 4.98. The van der Waals surface area contributed by atoms with Crippen molar-refractivity contribution in [2.24, 2.45) is 0 Å². The van der Waals surface area contributed by atoms with Crippen molar-refractivity contribution in [2.75, 3.05) is 19.6 Å². The Morgan fingerprint density at radius 3 is 2.20 bits per heavy atom. The molecule has 0 radical (unpaired) electrons. The Morgan fingerprint density at radius 2 is 1.54 bits per heavy atom. The molecule has 0 bridgehead atoms. The van der Waals surface area contributed by atoms with Crippen LogP contribution in [0.2, 0.25) is 0 Å². The zero-order valence-electron chi connectivity index (χ0n) is 22.9. The van der Waals surface area contributed by atoms with E-state index < -0.39 is 12.2 Å². The zero-order chi connectivity index (χ0) is 28.8. The van der Waals surface area contributed by atoms with Crippen LogP contribution in [0, 0.1) is 0 Å². The van der Waals surface area contributed by atoms with Crippen LogP contribution in [0.25, 0.3) is 0 Å². The number of amides is 4. The van der Waals surface area contributed by atoms with Gasteiger partial charge in [-0.05, 0) is 41.7 Å². The predicted octanol–water partition coefficient (Wildman–Crippen LogP) is 4.58. The van der Waals surface area contributed by atoms with Crippen LogP contribution in [-0.4, -0.2) is 69.5 Å². The average Bonchev–Trinajstić information content (AvgIpc) is 2.98. The van der Waals surface area contributed by atoms with Gasteiger partial charge in [-0.25, -0.2) is 14.8 Å². The first-order chi connectivity index (χ1) is 19.9. The molecule has 0 spiro atoms. The number of hydrogen-bond acceptors (Lipinski definition) is 4. The molecule has 2 aliphatic heterocycles. The van der Waals surface area contributed by atoms with Crippen LogP contribution in [0.5, 0.6) is 0 Å². The van der Waals surface area contributed by atoms with E-state index in [1.807, 2.05) is 84.9 Å². The first-order valence-corrected chi connectivity index (χ1v) is 14.6. The third-order valence-corrected chi connectivity index (χ3v) is 8.01. The molecule has 0 unspecified atom stereocenters. The second-order valence-electron chi connectivity index (χ2n) is 10.3. The maximum Gasteiger partial charge on any atom is 0.334 e. The lowest BCUT2D eigenvalue weighted by atomic mass is 9.98. The minimum absolute atomic E-state index is 0.0120. The summed E-state index contributed by atoms with van der Waals surface area (Å²) in [6, 6.07) is 26.6. The number of nitrogens with zero attached hydrogens (tertiary/aromatic N) is 4. The highest BCUT2D eigenvalue weighted by atomic mass is 79.9. The second kappa shape index (κ2) is 13.1. The lowest BCUT2D eigenvalue weighted by Crippen LogP contribution is -2.76. The molecule has 0 aromatic heterocycles. The van der Waals surface area contributed by atoms with Crippen LogP contribution in [0.15, 0.2) is 102 Å². The van der Waals surface area contributed by atoms with Gasteiger partial charge in [0.15, 0.2) is 0 Å². The Balaban J connectivity index is 1.49. The third-order valence-electron chi connectivity index (χ3n) is 7.48. The number of hydrazine groups is 1. The van der Waals surface area contributed by atoms with Crippen molar-refractivity contribution in [1.29, 1.82) is 0 Å². The number of rotatable bonds is 9. The van der Waals surface area contributed by atoms with E-state index in [1.165, 1.54) is 0 Å². The van der Waals surface area contributed by atoms with Crippen LogP contribution in [-0.2, 0) is 29.1 Å². The largest absolute Gasteiger partial charge is 0.334 e. The highest BCUT2D eigenvalue weighted by Gasteiger charge is 2.51. The molecule has 212 valence electrons.